The van der Waals surface area contributed by atoms with Crippen LogP contribution < -0.4 is 5.32 Å². The molecule has 1 fully saturated rings. The van der Waals surface area contributed by atoms with Crippen LogP contribution in [-0.4, -0.2) is 6.04 Å². The second-order valence-corrected chi connectivity index (χ2v) is 5.72. The summed E-state index contributed by atoms with van der Waals surface area (Å²) in [6.45, 7) is 8.17. The van der Waals surface area contributed by atoms with E-state index in [0.717, 1.165) is 12.5 Å². The predicted octanol–water partition coefficient (Wildman–Crippen LogP) is 3.60. The van der Waals surface area contributed by atoms with Crippen LogP contribution in [0.2, 0.25) is 0 Å². The second-order valence-electron chi connectivity index (χ2n) is 5.72. The molecule has 0 bridgehead atoms. The van der Waals surface area contributed by atoms with Gasteiger partial charge in [-0.25, -0.2) is 0 Å². The third-order valence-corrected chi connectivity index (χ3v) is 4.45. The Morgan fingerprint density at radius 1 is 1.19 bits per heavy atom. The van der Waals surface area contributed by atoms with E-state index in [-0.39, 0.29) is 0 Å². The van der Waals surface area contributed by atoms with Gasteiger partial charge in [0, 0.05) is 12.6 Å². The first-order chi connectivity index (χ1) is 7.60. The molecule has 1 nitrogen and oxygen atoms in total. The molecule has 0 radical (unpaired) electrons. The predicted molar refractivity (Wildman–Crippen MR) is 69.2 cm³/mol. The third kappa shape index (κ3) is 2.30. The summed E-state index contributed by atoms with van der Waals surface area (Å²) in [6, 6.07) is 11.4. The minimum Gasteiger partial charge on any atom is -0.309 e. The third-order valence-electron chi connectivity index (χ3n) is 4.45. The Kier molecular flexibility index (Phi) is 3.34. The lowest BCUT2D eigenvalue weighted by molar-refractivity contribution is 0.219. The zero-order valence-corrected chi connectivity index (χ0v) is 10.7. The Balaban J connectivity index is 1.92. The Morgan fingerprint density at radius 2 is 1.88 bits per heavy atom. The van der Waals surface area contributed by atoms with E-state index in [2.05, 4.69) is 56.4 Å². The largest absolute Gasteiger partial charge is 0.309 e. The van der Waals surface area contributed by atoms with Crippen LogP contribution in [0.4, 0.5) is 0 Å². The van der Waals surface area contributed by atoms with E-state index in [9.17, 15) is 0 Å². The summed E-state index contributed by atoms with van der Waals surface area (Å²) in [4.78, 5) is 0. The molecule has 0 heterocycles. The van der Waals surface area contributed by atoms with Gasteiger partial charge >= 0.3 is 0 Å². The summed E-state index contributed by atoms with van der Waals surface area (Å²) in [6.07, 6.45) is 2.68. The van der Waals surface area contributed by atoms with Gasteiger partial charge in [-0.1, -0.05) is 51.1 Å². The Bertz CT molecular complexity index is 329. The smallest absolute Gasteiger partial charge is 0.0208 e. The highest BCUT2D eigenvalue weighted by molar-refractivity contribution is 5.14. The van der Waals surface area contributed by atoms with Crippen molar-refractivity contribution in [1.29, 1.82) is 0 Å². The molecule has 0 spiro atoms. The maximum atomic E-state index is 3.72. The molecule has 2 unspecified atom stereocenters. The Hall–Kier alpha value is -0.820. The molecule has 0 amide bonds. The maximum absolute atomic E-state index is 3.72. The number of hydrogen-bond donors (Lipinski definition) is 1. The van der Waals surface area contributed by atoms with Gasteiger partial charge in [-0.05, 0) is 29.7 Å². The van der Waals surface area contributed by atoms with Crippen molar-refractivity contribution in [3.05, 3.63) is 35.9 Å². The number of hydrogen-bond acceptors (Lipinski definition) is 1. The SMILES string of the molecule is CC1CCC(NCc2ccccc2)C1(C)C. The van der Waals surface area contributed by atoms with Gasteiger partial charge in [0.15, 0.2) is 0 Å². The molecular formula is C15H23N. The summed E-state index contributed by atoms with van der Waals surface area (Å²) in [5.41, 5.74) is 1.83. The summed E-state index contributed by atoms with van der Waals surface area (Å²) < 4.78 is 0. The molecule has 1 N–H and O–H groups in total. The normalized spacial score (nSPS) is 28.2. The van der Waals surface area contributed by atoms with Gasteiger partial charge in [0.25, 0.3) is 0 Å². The summed E-state index contributed by atoms with van der Waals surface area (Å²) in [5, 5.41) is 3.72. The zero-order valence-electron chi connectivity index (χ0n) is 10.7. The van der Waals surface area contributed by atoms with Crippen molar-refractivity contribution in [3.8, 4) is 0 Å². The molecule has 0 aliphatic heterocycles. The lowest BCUT2D eigenvalue weighted by atomic mass is 9.80. The van der Waals surface area contributed by atoms with Gasteiger partial charge in [0.05, 0.1) is 0 Å². The molecule has 1 aliphatic rings. The average molecular weight is 217 g/mol. The topological polar surface area (TPSA) is 12.0 Å². The first-order valence-corrected chi connectivity index (χ1v) is 6.38. The zero-order chi connectivity index (χ0) is 11.6. The van der Waals surface area contributed by atoms with Crippen molar-refractivity contribution < 1.29 is 0 Å². The molecule has 16 heavy (non-hydrogen) atoms. The fourth-order valence-electron chi connectivity index (χ4n) is 2.71. The Morgan fingerprint density at radius 3 is 2.44 bits per heavy atom. The minimum absolute atomic E-state index is 0.439. The van der Waals surface area contributed by atoms with E-state index in [1.165, 1.54) is 18.4 Å². The van der Waals surface area contributed by atoms with E-state index in [4.69, 9.17) is 0 Å². The van der Waals surface area contributed by atoms with Crippen molar-refractivity contribution in [3.63, 3.8) is 0 Å². The Labute approximate surface area is 99.3 Å². The lowest BCUT2D eigenvalue weighted by Crippen LogP contribution is -2.39. The van der Waals surface area contributed by atoms with E-state index in [0.29, 0.717) is 11.5 Å². The average Bonchev–Trinajstić information content (AvgIpc) is 2.53. The number of nitrogens with one attached hydrogen (secondary N) is 1. The van der Waals surface area contributed by atoms with Crippen molar-refractivity contribution in [2.75, 3.05) is 0 Å². The molecule has 0 aromatic heterocycles. The second kappa shape index (κ2) is 4.58. The fraction of sp³-hybridized carbons (Fsp3) is 0.600. The first kappa shape index (κ1) is 11.7. The number of benzene rings is 1. The first-order valence-electron chi connectivity index (χ1n) is 6.38. The highest BCUT2D eigenvalue weighted by atomic mass is 14.9. The number of rotatable bonds is 3. The summed E-state index contributed by atoms with van der Waals surface area (Å²) in [5.74, 6) is 0.834. The molecular weight excluding hydrogens is 194 g/mol. The summed E-state index contributed by atoms with van der Waals surface area (Å²) in [7, 11) is 0. The minimum atomic E-state index is 0.439. The van der Waals surface area contributed by atoms with Crippen molar-refractivity contribution in [1.82, 2.24) is 5.32 Å². The van der Waals surface area contributed by atoms with E-state index in [1.54, 1.807) is 0 Å². The van der Waals surface area contributed by atoms with Crippen molar-refractivity contribution in [2.45, 2.75) is 46.2 Å². The molecule has 2 atom stereocenters. The van der Waals surface area contributed by atoms with Crippen LogP contribution in [0.15, 0.2) is 30.3 Å². The molecule has 1 heteroatoms. The van der Waals surface area contributed by atoms with Gasteiger partial charge in [-0.15, -0.1) is 0 Å². The standard InChI is InChI=1S/C15H23N/c1-12-9-10-14(15(12,2)3)16-11-13-7-5-4-6-8-13/h4-8,12,14,16H,9-11H2,1-3H3. The van der Waals surface area contributed by atoms with Crippen molar-refractivity contribution >= 4 is 0 Å². The monoisotopic (exact) mass is 217 g/mol. The van der Waals surface area contributed by atoms with Crippen LogP contribution >= 0.6 is 0 Å². The van der Waals surface area contributed by atoms with Gasteiger partial charge in [0.1, 0.15) is 0 Å². The molecule has 88 valence electrons. The van der Waals surface area contributed by atoms with Gasteiger partial charge in [0.2, 0.25) is 0 Å². The van der Waals surface area contributed by atoms with Crippen LogP contribution in [0.5, 0.6) is 0 Å². The molecule has 1 saturated carbocycles. The summed E-state index contributed by atoms with van der Waals surface area (Å²) >= 11 is 0. The van der Waals surface area contributed by atoms with E-state index < -0.39 is 0 Å². The quantitative estimate of drug-likeness (QED) is 0.815. The fourth-order valence-corrected chi connectivity index (χ4v) is 2.71. The lowest BCUT2D eigenvalue weighted by Gasteiger charge is -2.32. The van der Waals surface area contributed by atoms with Crippen LogP contribution in [-0.2, 0) is 6.54 Å². The maximum Gasteiger partial charge on any atom is 0.0208 e. The highest BCUT2D eigenvalue weighted by Crippen LogP contribution is 2.42. The van der Waals surface area contributed by atoms with E-state index in [1.807, 2.05) is 0 Å². The molecule has 1 aliphatic carbocycles. The van der Waals surface area contributed by atoms with Crippen LogP contribution in [0.1, 0.15) is 39.2 Å². The molecule has 0 saturated heterocycles. The van der Waals surface area contributed by atoms with Crippen molar-refractivity contribution in [2.24, 2.45) is 11.3 Å². The molecule has 2 rings (SSSR count). The van der Waals surface area contributed by atoms with Gasteiger partial charge in [-0.2, -0.15) is 0 Å². The van der Waals surface area contributed by atoms with E-state index >= 15 is 0 Å². The molecule has 1 aromatic rings. The highest BCUT2D eigenvalue weighted by Gasteiger charge is 2.39. The van der Waals surface area contributed by atoms with Crippen LogP contribution in [0.3, 0.4) is 0 Å². The van der Waals surface area contributed by atoms with Gasteiger partial charge < -0.3 is 5.32 Å². The molecule has 1 aromatic carbocycles. The van der Waals surface area contributed by atoms with Crippen LogP contribution in [0.25, 0.3) is 0 Å². The van der Waals surface area contributed by atoms with Crippen LogP contribution in [0, 0.1) is 11.3 Å². The van der Waals surface area contributed by atoms with Gasteiger partial charge in [-0.3, -0.25) is 0 Å².